The molecule has 0 saturated carbocycles. The van der Waals surface area contributed by atoms with Gasteiger partial charge in [-0.2, -0.15) is 19.0 Å². The summed E-state index contributed by atoms with van der Waals surface area (Å²) in [5.41, 5.74) is 5.49. The molecule has 80 heavy (non-hydrogen) atoms. The number of amides is 2. The molecule has 2 N–H and O–H groups in total. The molecule has 16 heteroatoms. The predicted octanol–water partition coefficient (Wildman–Crippen LogP) is 15.1. The van der Waals surface area contributed by atoms with Crippen LogP contribution < -0.4 is 9.47 Å². The van der Waals surface area contributed by atoms with Crippen molar-refractivity contribution < 1.29 is 45.4 Å². The lowest BCUT2D eigenvalue weighted by molar-refractivity contribution is -0.124. The molecular formula is C64H64F6N6O4. The van der Waals surface area contributed by atoms with Crippen LogP contribution in [0.5, 0.6) is 11.5 Å². The van der Waals surface area contributed by atoms with Crippen LogP contribution in [0.2, 0.25) is 0 Å². The van der Waals surface area contributed by atoms with Crippen molar-refractivity contribution in [2.24, 2.45) is 0 Å². The number of allylic oxidation sites excluding steroid dienone is 4. The first-order valence-corrected chi connectivity index (χ1v) is 26.4. The van der Waals surface area contributed by atoms with E-state index in [0.29, 0.717) is 104 Å². The second-order valence-corrected chi connectivity index (χ2v) is 19.2. The van der Waals surface area contributed by atoms with Crippen molar-refractivity contribution in [3.05, 3.63) is 214 Å². The number of hydrogen-bond acceptors (Lipinski definition) is 6. The number of nitrogens with one attached hydrogen (secondary N) is 2. The van der Waals surface area contributed by atoms with E-state index in [-0.39, 0.29) is 22.9 Å². The zero-order valence-electron chi connectivity index (χ0n) is 45.6. The van der Waals surface area contributed by atoms with Gasteiger partial charge in [0.15, 0.2) is 0 Å². The Balaban J connectivity index is 0.000000231. The third kappa shape index (κ3) is 14.9. The van der Waals surface area contributed by atoms with E-state index >= 15 is 0 Å². The molecular weight excluding hydrogens is 1030 g/mol. The number of H-pyrrole nitrogens is 2. The highest BCUT2D eigenvalue weighted by Gasteiger charge is 2.22. The Bertz CT molecular complexity index is 3270. The second kappa shape index (κ2) is 28.3. The van der Waals surface area contributed by atoms with Crippen LogP contribution in [0.1, 0.15) is 98.6 Å². The summed E-state index contributed by atoms with van der Waals surface area (Å²) >= 11 is 0. The van der Waals surface area contributed by atoms with Gasteiger partial charge in [-0.25, -0.2) is 17.6 Å². The van der Waals surface area contributed by atoms with E-state index in [0.717, 1.165) is 38.5 Å². The van der Waals surface area contributed by atoms with Gasteiger partial charge in [-0.05, 0) is 181 Å². The highest BCUT2D eigenvalue weighted by Crippen LogP contribution is 2.40. The number of rotatable bonds is 22. The van der Waals surface area contributed by atoms with E-state index in [1.165, 1.54) is 46.2 Å². The Morgan fingerprint density at radius 3 is 1.18 bits per heavy atom. The molecule has 2 aromatic heterocycles. The molecule has 6 aromatic carbocycles. The first-order valence-electron chi connectivity index (χ1n) is 26.4. The van der Waals surface area contributed by atoms with Crippen molar-refractivity contribution in [1.82, 2.24) is 30.2 Å². The van der Waals surface area contributed by atoms with Gasteiger partial charge in [0.1, 0.15) is 34.8 Å². The fourth-order valence-electron chi connectivity index (χ4n) is 9.04. The van der Waals surface area contributed by atoms with Crippen LogP contribution in [0.15, 0.2) is 146 Å². The van der Waals surface area contributed by atoms with Gasteiger partial charge in [-0.15, -0.1) is 0 Å². The van der Waals surface area contributed by atoms with Crippen LogP contribution in [0, 0.1) is 35.2 Å². The maximum absolute atomic E-state index is 14.9. The van der Waals surface area contributed by atoms with Gasteiger partial charge in [-0.1, -0.05) is 74.5 Å². The van der Waals surface area contributed by atoms with E-state index < -0.39 is 35.2 Å². The second-order valence-electron chi connectivity index (χ2n) is 19.2. The number of benzene rings is 6. The van der Waals surface area contributed by atoms with Gasteiger partial charge in [0.25, 0.3) is 0 Å². The minimum absolute atomic E-state index is 0.0384. The Labute approximate surface area is 462 Å². The molecule has 0 aliphatic rings. The molecule has 0 fully saturated rings. The average Bonchev–Trinajstić information content (AvgIpc) is 4.09. The fraction of sp³-hybridized carbons (Fsp3) is 0.250. The maximum Gasteiger partial charge on any atom is 0.245 e. The van der Waals surface area contributed by atoms with Gasteiger partial charge in [0, 0.05) is 39.3 Å². The van der Waals surface area contributed by atoms with Crippen LogP contribution in [0.4, 0.5) is 26.3 Å². The minimum Gasteiger partial charge on any atom is -0.494 e. The molecule has 8 aromatic rings. The monoisotopic (exact) mass is 1090 g/mol. The molecule has 10 nitrogen and oxygen atoms in total. The summed E-state index contributed by atoms with van der Waals surface area (Å²) in [5.74, 6) is -2.55. The zero-order valence-corrected chi connectivity index (χ0v) is 45.6. The maximum atomic E-state index is 14.9. The van der Waals surface area contributed by atoms with Gasteiger partial charge in [0.05, 0.1) is 35.0 Å². The molecule has 0 saturated heterocycles. The number of hydrogen-bond donors (Lipinski definition) is 2. The molecule has 0 unspecified atom stereocenters. The Kier molecular flexibility index (Phi) is 20.9. The third-order valence-electron chi connectivity index (χ3n) is 13.2. The summed E-state index contributed by atoms with van der Waals surface area (Å²) in [5, 5.41) is 13.2. The van der Waals surface area contributed by atoms with Crippen LogP contribution >= 0.6 is 0 Å². The van der Waals surface area contributed by atoms with Gasteiger partial charge < -0.3 is 19.3 Å². The van der Waals surface area contributed by atoms with E-state index in [2.05, 4.69) is 20.4 Å². The van der Waals surface area contributed by atoms with Crippen molar-refractivity contribution >= 4 is 55.9 Å². The van der Waals surface area contributed by atoms with Crippen molar-refractivity contribution in [2.45, 2.75) is 65.2 Å². The van der Waals surface area contributed by atoms with E-state index in [1.807, 2.05) is 74.5 Å². The molecule has 416 valence electrons. The summed E-state index contributed by atoms with van der Waals surface area (Å²) in [6, 6.07) is 32.4. The summed E-state index contributed by atoms with van der Waals surface area (Å²) in [6.45, 7) is 4.69. The summed E-state index contributed by atoms with van der Waals surface area (Å²) < 4.78 is 100. The molecule has 2 heterocycles. The predicted molar refractivity (Wildman–Crippen MR) is 304 cm³/mol. The number of ether oxygens (including phenoxy) is 2. The van der Waals surface area contributed by atoms with E-state index in [9.17, 15) is 35.9 Å². The Hall–Kier alpha value is -8.66. The smallest absolute Gasteiger partial charge is 0.245 e. The average molecular weight is 1100 g/mol. The summed E-state index contributed by atoms with van der Waals surface area (Å²) in [6.07, 6.45) is 12.5. The molecule has 2 amide bonds. The van der Waals surface area contributed by atoms with Crippen LogP contribution in [-0.2, 0) is 9.59 Å². The standard InChI is InChI=1S/2C32H32F3N3O2/c2*1-4-24(31-26(33)10-9-11-27(31)34)30(22-15-18-28-25(20-22)32(35)37-36-28)21-13-16-23(17-14-21)40-19-8-6-5-7-12-29(39)38(2)3/h2*7,9-18,20H,4-6,8,19H2,1-3H3,(H,36,37)/b2*12-7+,30-24+. The first kappa shape index (κ1) is 59.0. The Morgan fingerprint density at radius 2 is 0.838 bits per heavy atom. The van der Waals surface area contributed by atoms with Gasteiger partial charge in [0.2, 0.25) is 23.7 Å². The van der Waals surface area contributed by atoms with Crippen molar-refractivity contribution in [2.75, 3.05) is 41.4 Å². The van der Waals surface area contributed by atoms with Crippen LogP contribution in [0.25, 0.3) is 44.1 Å². The molecule has 0 bridgehead atoms. The number of likely N-dealkylation sites (N-methyl/N-ethyl adjacent to an activating group) is 2. The van der Waals surface area contributed by atoms with Crippen molar-refractivity contribution in [3.8, 4) is 11.5 Å². The van der Waals surface area contributed by atoms with Crippen LogP contribution in [-0.4, -0.2) is 83.4 Å². The number of aromatic nitrogens is 4. The van der Waals surface area contributed by atoms with E-state index in [4.69, 9.17) is 9.47 Å². The normalized spacial score (nSPS) is 12.2. The molecule has 0 atom stereocenters. The van der Waals surface area contributed by atoms with Gasteiger partial charge in [-0.3, -0.25) is 19.8 Å². The van der Waals surface area contributed by atoms with Crippen molar-refractivity contribution in [1.29, 1.82) is 0 Å². The van der Waals surface area contributed by atoms with Gasteiger partial charge >= 0.3 is 0 Å². The lowest BCUT2D eigenvalue weighted by Gasteiger charge is -2.18. The lowest BCUT2D eigenvalue weighted by Crippen LogP contribution is -2.18. The number of aromatic amines is 2. The molecule has 0 spiro atoms. The van der Waals surface area contributed by atoms with E-state index in [1.54, 1.807) is 76.7 Å². The largest absolute Gasteiger partial charge is 0.494 e. The molecule has 0 radical (unpaired) electrons. The number of halogens is 6. The topological polar surface area (TPSA) is 116 Å². The third-order valence-corrected chi connectivity index (χ3v) is 13.2. The quantitative estimate of drug-likeness (QED) is 0.0302. The number of carbonyl (C=O) groups excluding carboxylic acids is 2. The number of carbonyl (C=O) groups is 2. The number of nitrogens with zero attached hydrogens (tertiary/aromatic N) is 4. The zero-order chi connectivity index (χ0) is 57.3. The first-order chi connectivity index (χ1) is 38.6. The Morgan fingerprint density at radius 1 is 0.487 bits per heavy atom. The number of fused-ring (bicyclic) bond motifs is 2. The van der Waals surface area contributed by atoms with Crippen molar-refractivity contribution in [3.63, 3.8) is 0 Å². The summed E-state index contributed by atoms with van der Waals surface area (Å²) in [7, 11) is 6.85. The SMILES string of the molecule is CC/C(=C(/c1ccc(OCCCC/C=C/C(=O)N(C)C)cc1)c1ccc2n[nH]c(F)c2c1)c1c(F)cccc1F.CC/C(=C(/c1ccc(OCCCC/C=C/C(=O)N(C)C)cc1)c1ccc2n[nH]c(F)c2c1)c1c(F)cccc1F. The summed E-state index contributed by atoms with van der Waals surface area (Å²) in [4.78, 5) is 26.2. The highest BCUT2D eigenvalue weighted by molar-refractivity contribution is 6.02. The molecule has 0 aliphatic carbocycles. The minimum atomic E-state index is -0.661. The fourth-order valence-corrected chi connectivity index (χ4v) is 9.04. The lowest BCUT2D eigenvalue weighted by atomic mass is 9.87. The number of unbranched alkanes of at least 4 members (excludes halogenated alkanes) is 4. The highest BCUT2D eigenvalue weighted by atomic mass is 19.2. The molecule has 0 aliphatic heterocycles. The van der Waals surface area contributed by atoms with Crippen LogP contribution in [0.3, 0.4) is 0 Å². The molecule has 8 rings (SSSR count).